The molecule has 0 aliphatic heterocycles. The summed E-state index contributed by atoms with van der Waals surface area (Å²) >= 11 is 7.00. The molecule has 0 unspecified atom stereocenters. The van der Waals surface area contributed by atoms with Gasteiger partial charge in [-0.15, -0.1) is 10.2 Å². The van der Waals surface area contributed by atoms with Gasteiger partial charge in [-0.3, -0.25) is 9.47 Å². The third-order valence-corrected chi connectivity index (χ3v) is 4.71. The first-order valence-electron chi connectivity index (χ1n) is 8.04. The van der Waals surface area contributed by atoms with E-state index in [1.165, 1.54) is 30.0 Å². The lowest BCUT2D eigenvalue weighted by molar-refractivity contribution is -0.113. The third-order valence-electron chi connectivity index (χ3n) is 3.51. The summed E-state index contributed by atoms with van der Waals surface area (Å²) in [5.74, 6) is 0.205. The molecule has 3 rings (SSSR count). The zero-order valence-corrected chi connectivity index (χ0v) is 15.6. The number of carbonyl (C=O) groups excluding carboxylic acids is 1. The fraction of sp³-hybridized carbons (Fsp3) is 0.235. The summed E-state index contributed by atoms with van der Waals surface area (Å²) in [5, 5.41) is 11.7. The fourth-order valence-electron chi connectivity index (χ4n) is 2.36. The monoisotopic (exact) mass is 393 g/mol. The Kier molecular flexibility index (Phi) is 5.95. The van der Waals surface area contributed by atoms with Crippen molar-refractivity contribution in [3.63, 3.8) is 0 Å². The number of carbonyl (C=O) groups is 1. The molecule has 2 heterocycles. The summed E-state index contributed by atoms with van der Waals surface area (Å²) < 4.78 is 16.9. The second kappa shape index (κ2) is 8.37. The number of amides is 1. The molecule has 0 saturated heterocycles. The van der Waals surface area contributed by atoms with Crippen molar-refractivity contribution in [3.8, 4) is 0 Å². The summed E-state index contributed by atoms with van der Waals surface area (Å²) in [6.45, 7) is 2.07. The number of anilines is 1. The number of thioether (sulfide) groups is 1. The fourth-order valence-corrected chi connectivity index (χ4v) is 3.29. The average molecular weight is 394 g/mol. The van der Waals surface area contributed by atoms with Crippen LogP contribution in [0.25, 0.3) is 0 Å². The Morgan fingerprint density at radius 3 is 2.77 bits per heavy atom. The van der Waals surface area contributed by atoms with Crippen molar-refractivity contribution in [2.24, 2.45) is 0 Å². The van der Waals surface area contributed by atoms with E-state index in [1.807, 2.05) is 33.9 Å². The molecule has 2 aromatic heterocycles. The molecule has 0 atom stereocenters. The van der Waals surface area contributed by atoms with Crippen molar-refractivity contribution in [2.75, 3.05) is 11.1 Å². The minimum atomic E-state index is -0.526. The van der Waals surface area contributed by atoms with E-state index in [0.29, 0.717) is 10.8 Å². The Balaban J connectivity index is 1.69. The molecule has 0 aliphatic carbocycles. The molecular formula is C17H17ClFN5OS. The number of nitrogens with zero attached hydrogens (tertiary/aromatic N) is 4. The highest BCUT2D eigenvalue weighted by Gasteiger charge is 2.15. The maximum absolute atomic E-state index is 13.2. The van der Waals surface area contributed by atoms with E-state index in [-0.39, 0.29) is 16.7 Å². The van der Waals surface area contributed by atoms with Crippen molar-refractivity contribution in [2.45, 2.75) is 24.9 Å². The van der Waals surface area contributed by atoms with Crippen molar-refractivity contribution >= 4 is 35.0 Å². The first kappa shape index (κ1) is 18.5. The highest BCUT2D eigenvalue weighted by atomic mass is 35.5. The highest BCUT2D eigenvalue weighted by molar-refractivity contribution is 7.99. The summed E-state index contributed by atoms with van der Waals surface area (Å²) in [5.41, 5.74) is 0.445. The van der Waals surface area contributed by atoms with Crippen LogP contribution in [0.5, 0.6) is 0 Å². The van der Waals surface area contributed by atoms with Gasteiger partial charge in [0.1, 0.15) is 5.82 Å². The number of hydrogen-bond donors (Lipinski definition) is 1. The molecule has 0 bridgehead atoms. The summed E-state index contributed by atoms with van der Waals surface area (Å²) in [7, 11) is 0. The van der Waals surface area contributed by atoms with Crippen LogP contribution in [0.2, 0.25) is 5.02 Å². The standard InChI is InChI=1S/C17H17ClFN5OS/c1-2-5-15-21-22-17(24(15)23-8-3-4-9-23)26-11-16(25)20-12-6-7-14(19)13(18)10-12/h3-4,6-10H,2,5,11H2,1H3,(H,20,25). The Hall–Kier alpha value is -2.32. The molecule has 1 aromatic carbocycles. The maximum Gasteiger partial charge on any atom is 0.234 e. The minimum Gasteiger partial charge on any atom is -0.325 e. The average Bonchev–Trinajstić information content (AvgIpc) is 3.26. The van der Waals surface area contributed by atoms with E-state index in [0.717, 1.165) is 18.7 Å². The van der Waals surface area contributed by atoms with E-state index in [9.17, 15) is 9.18 Å². The summed E-state index contributed by atoms with van der Waals surface area (Å²) in [6, 6.07) is 7.88. The number of halogens is 2. The Bertz CT molecular complexity index is 897. The predicted octanol–water partition coefficient (Wildman–Crippen LogP) is 3.87. The first-order valence-corrected chi connectivity index (χ1v) is 9.40. The second-order valence-electron chi connectivity index (χ2n) is 5.49. The minimum absolute atomic E-state index is 0.0352. The van der Waals surface area contributed by atoms with Gasteiger partial charge in [0, 0.05) is 24.5 Å². The van der Waals surface area contributed by atoms with Crippen LogP contribution in [0.1, 0.15) is 19.2 Å². The zero-order chi connectivity index (χ0) is 18.5. The molecule has 0 radical (unpaired) electrons. The van der Waals surface area contributed by atoms with Crippen LogP contribution in [0.3, 0.4) is 0 Å². The van der Waals surface area contributed by atoms with Crippen molar-refractivity contribution in [1.29, 1.82) is 0 Å². The first-order chi connectivity index (χ1) is 12.6. The van der Waals surface area contributed by atoms with Gasteiger partial charge in [-0.05, 0) is 36.8 Å². The van der Waals surface area contributed by atoms with Gasteiger partial charge in [-0.2, -0.15) is 0 Å². The smallest absolute Gasteiger partial charge is 0.234 e. The topological polar surface area (TPSA) is 64.7 Å². The third kappa shape index (κ3) is 4.25. The SMILES string of the molecule is CCCc1nnc(SCC(=O)Nc2ccc(F)c(Cl)c2)n1-n1cccc1. The molecule has 0 aliphatic rings. The lowest BCUT2D eigenvalue weighted by Gasteiger charge is -2.11. The van der Waals surface area contributed by atoms with Crippen LogP contribution in [-0.2, 0) is 11.2 Å². The van der Waals surface area contributed by atoms with Crippen molar-refractivity contribution in [3.05, 3.63) is 59.4 Å². The summed E-state index contributed by atoms with van der Waals surface area (Å²) in [4.78, 5) is 12.2. The van der Waals surface area contributed by atoms with E-state index in [2.05, 4.69) is 22.4 Å². The maximum atomic E-state index is 13.2. The van der Waals surface area contributed by atoms with Gasteiger partial charge < -0.3 is 5.32 Å². The molecule has 136 valence electrons. The van der Waals surface area contributed by atoms with Gasteiger partial charge in [0.2, 0.25) is 11.1 Å². The van der Waals surface area contributed by atoms with E-state index in [4.69, 9.17) is 11.6 Å². The zero-order valence-electron chi connectivity index (χ0n) is 14.0. The van der Waals surface area contributed by atoms with Crippen LogP contribution in [0, 0.1) is 5.82 Å². The quantitative estimate of drug-likeness (QED) is 0.619. The molecule has 6 nitrogen and oxygen atoms in total. The van der Waals surface area contributed by atoms with E-state index >= 15 is 0 Å². The molecule has 26 heavy (non-hydrogen) atoms. The van der Waals surface area contributed by atoms with Gasteiger partial charge in [0.25, 0.3) is 0 Å². The molecule has 9 heteroatoms. The number of aromatic nitrogens is 4. The van der Waals surface area contributed by atoms with Crippen LogP contribution in [0.4, 0.5) is 10.1 Å². The molecule has 1 amide bonds. The van der Waals surface area contributed by atoms with E-state index < -0.39 is 5.82 Å². The number of benzene rings is 1. The van der Waals surface area contributed by atoms with Gasteiger partial charge in [-0.1, -0.05) is 30.3 Å². The normalized spacial score (nSPS) is 10.9. The largest absolute Gasteiger partial charge is 0.325 e. The number of aryl methyl sites for hydroxylation is 1. The molecule has 0 fully saturated rings. The molecule has 3 aromatic rings. The Morgan fingerprint density at radius 2 is 2.08 bits per heavy atom. The van der Waals surface area contributed by atoms with Crippen LogP contribution >= 0.6 is 23.4 Å². The Labute approximate surface area is 159 Å². The molecular weight excluding hydrogens is 377 g/mol. The lowest BCUT2D eigenvalue weighted by Crippen LogP contribution is -2.16. The van der Waals surface area contributed by atoms with Crippen LogP contribution in [0.15, 0.2) is 47.9 Å². The highest BCUT2D eigenvalue weighted by Crippen LogP contribution is 2.21. The van der Waals surface area contributed by atoms with Gasteiger partial charge >= 0.3 is 0 Å². The van der Waals surface area contributed by atoms with Crippen LogP contribution in [-0.4, -0.2) is 31.2 Å². The predicted molar refractivity (Wildman–Crippen MR) is 100 cm³/mol. The number of hydrogen-bond acceptors (Lipinski definition) is 4. The summed E-state index contributed by atoms with van der Waals surface area (Å²) in [6.07, 6.45) is 5.52. The van der Waals surface area contributed by atoms with Gasteiger partial charge in [0.15, 0.2) is 5.82 Å². The molecule has 0 saturated carbocycles. The van der Waals surface area contributed by atoms with Crippen LogP contribution < -0.4 is 5.32 Å². The van der Waals surface area contributed by atoms with E-state index in [1.54, 1.807) is 0 Å². The van der Waals surface area contributed by atoms with Gasteiger partial charge in [0.05, 0.1) is 10.8 Å². The van der Waals surface area contributed by atoms with Gasteiger partial charge in [-0.25, -0.2) is 9.07 Å². The lowest BCUT2D eigenvalue weighted by atomic mass is 10.3. The second-order valence-corrected chi connectivity index (χ2v) is 6.84. The molecule has 1 N–H and O–H groups in total. The van der Waals surface area contributed by atoms with Crippen molar-refractivity contribution < 1.29 is 9.18 Å². The number of nitrogens with one attached hydrogen (secondary N) is 1. The Morgan fingerprint density at radius 1 is 1.31 bits per heavy atom. The molecule has 0 spiro atoms. The number of rotatable bonds is 7. The van der Waals surface area contributed by atoms with Crippen molar-refractivity contribution in [1.82, 2.24) is 19.5 Å².